The lowest BCUT2D eigenvalue weighted by molar-refractivity contribution is 0.982. The molecule has 1 aromatic carbocycles. The zero-order valence-corrected chi connectivity index (χ0v) is 7.12. The Balaban J connectivity index is 2.12. The highest BCUT2D eigenvalue weighted by atomic mass is 15.5. The molecule has 0 amide bonds. The monoisotopic (exact) mass is 174 g/mol. The van der Waals surface area contributed by atoms with E-state index in [4.69, 9.17) is 0 Å². The Kier molecular flexibility index (Phi) is 1.24. The van der Waals surface area contributed by atoms with Gasteiger partial charge in [0.25, 0.3) is 0 Å². The van der Waals surface area contributed by atoms with Crippen LogP contribution in [0.25, 0.3) is 0 Å². The molecule has 0 radical (unpaired) electrons. The number of guanidine groups is 1. The Hall–Kier alpha value is -1.71. The first-order chi connectivity index (χ1) is 6.45. The van der Waals surface area contributed by atoms with Crippen molar-refractivity contribution in [1.29, 1.82) is 0 Å². The van der Waals surface area contributed by atoms with Crippen LogP contribution in [0.1, 0.15) is 0 Å². The normalized spacial score (nSPS) is 18.2. The molecule has 3 rings (SSSR count). The van der Waals surface area contributed by atoms with Crippen molar-refractivity contribution < 1.29 is 0 Å². The van der Waals surface area contributed by atoms with E-state index in [0.29, 0.717) is 0 Å². The molecule has 0 aromatic heterocycles. The number of benzene rings is 1. The van der Waals surface area contributed by atoms with Gasteiger partial charge in [0.05, 0.1) is 17.9 Å². The molecule has 1 aromatic rings. The van der Waals surface area contributed by atoms with Gasteiger partial charge < -0.3 is 4.90 Å². The van der Waals surface area contributed by atoms with Crippen molar-refractivity contribution in [3.63, 3.8) is 0 Å². The summed E-state index contributed by atoms with van der Waals surface area (Å²) in [5, 5.41) is 0. The topological polar surface area (TPSA) is 39.7 Å². The molecule has 13 heavy (non-hydrogen) atoms. The average molecular weight is 174 g/mol. The van der Waals surface area contributed by atoms with Crippen molar-refractivity contribution in [2.75, 3.05) is 23.4 Å². The van der Waals surface area contributed by atoms with E-state index in [1.807, 2.05) is 12.1 Å². The van der Waals surface area contributed by atoms with Crippen LogP contribution in [-0.2, 0) is 0 Å². The summed E-state index contributed by atoms with van der Waals surface area (Å²) in [5.74, 6) is 0.929. The van der Waals surface area contributed by atoms with Crippen molar-refractivity contribution in [3.8, 4) is 0 Å². The van der Waals surface area contributed by atoms with Gasteiger partial charge in [0.1, 0.15) is 0 Å². The Morgan fingerprint density at radius 1 is 1.23 bits per heavy atom. The standard InChI is InChI=1S/C9H10N4/c1-2-4-8-7(3-1)11-12-9-10-5-6-13(8)9/h1-4,11H,5-6H2,(H,10,12). The minimum Gasteiger partial charge on any atom is -0.307 e. The van der Waals surface area contributed by atoms with Gasteiger partial charge in [-0.25, -0.2) is 4.99 Å². The molecule has 0 saturated heterocycles. The molecule has 0 unspecified atom stereocenters. The fraction of sp³-hybridized carbons (Fsp3) is 0.222. The summed E-state index contributed by atoms with van der Waals surface area (Å²) in [6.07, 6.45) is 0. The third-order valence-corrected chi connectivity index (χ3v) is 2.34. The average Bonchev–Trinajstić information content (AvgIpc) is 2.65. The van der Waals surface area contributed by atoms with E-state index in [9.17, 15) is 0 Å². The fourth-order valence-electron chi connectivity index (χ4n) is 1.73. The molecule has 0 bridgehead atoms. The van der Waals surface area contributed by atoms with E-state index in [1.54, 1.807) is 0 Å². The SMILES string of the molecule is c1ccc2c(c1)NNC1=NCCN12. The van der Waals surface area contributed by atoms with Crippen LogP contribution in [0, 0.1) is 0 Å². The van der Waals surface area contributed by atoms with E-state index in [1.165, 1.54) is 5.69 Å². The van der Waals surface area contributed by atoms with E-state index in [0.717, 1.165) is 24.7 Å². The highest BCUT2D eigenvalue weighted by Crippen LogP contribution is 2.28. The van der Waals surface area contributed by atoms with Crippen LogP contribution in [0.2, 0.25) is 0 Å². The lowest BCUT2D eigenvalue weighted by atomic mass is 10.2. The summed E-state index contributed by atoms with van der Waals surface area (Å²) in [7, 11) is 0. The zero-order chi connectivity index (χ0) is 8.67. The predicted molar refractivity (Wildman–Crippen MR) is 52.8 cm³/mol. The molecule has 4 nitrogen and oxygen atoms in total. The van der Waals surface area contributed by atoms with Gasteiger partial charge in [0.15, 0.2) is 0 Å². The van der Waals surface area contributed by atoms with E-state index < -0.39 is 0 Å². The number of nitrogens with zero attached hydrogens (tertiary/aromatic N) is 2. The summed E-state index contributed by atoms with van der Waals surface area (Å²) in [4.78, 5) is 6.51. The van der Waals surface area contributed by atoms with Crippen LogP contribution in [0.5, 0.6) is 0 Å². The van der Waals surface area contributed by atoms with E-state index in [-0.39, 0.29) is 0 Å². The molecular weight excluding hydrogens is 164 g/mol. The molecular formula is C9H10N4. The van der Waals surface area contributed by atoms with Crippen LogP contribution in [-0.4, -0.2) is 19.0 Å². The highest BCUT2D eigenvalue weighted by molar-refractivity contribution is 6.03. The van der Waals surface area contributed by atoms with E-state index >= 15 is 0 Å². The van der Waals surface area contributed by atoms with Crippen LogP contribution in [0.4, 0.5) is 11.4 Å². The molecule has 0 saturated carbocycles. The third kappa shape index (κ3) is 0.884. The number of rotatable bonds is 0. The van der Waals surface area contributed by atoms with Crippen molar-refractivity contribution in [3.05, 3.63) is 24.3 Å². The lowest BCUT2D eigenvalue weighted by Gasteiger charge is -2.29. The molecule has 0 aliphatic carbocycles. The molecule has 2 aliphatic rings. The molecule has 2 N–H and O–H groups in total. The smallest absolute Gasteiger partial charge is 0.217 e. The summed E-state index contributed by atoms with van der Waals surface area (Å²) in [6, 6.07) is 8.22. The van der Waals surface area contributed by atoms with Gasteiger partial charge in [-0.05, 0) is 12.1 Å². The van der Waals surface area contributed by atoms with Gasteiger partial charge in [-0.15, -0.1) is 0 Å². The van der Waals surface area contributed by atoms with Crippen molar-refractivity contribution in [2.24, 2.45) is 4.99 Å². The first-order valence-corrected chi connectivity index (χ1v) is 4.38. The number of fused-ring (bicyclic) bond motifs is 3. The maximum atomic E-state index is 4.33. The minimum absolute atomic E-state index is 0.873. The van der Waals surface area contributed by atoms with E-state index in [2.05, 4.69) is 32.9 Å². The summed E-state index contributed by atoms with van der Waals surface area (Å²) < 4.78 is 0. The first kappa shape index (κ1) is 6.77. The molecule has 66 valence electrons. The minimum atomic E-state index is 0.873. The van der Waals surface area contributed by atoms with Gasteiger partial charge in [-0.2, -0.15) is 0 Å². The maximum Gasteiger partial charge on any atom is 0.217 e. The number of hydrogen-bond acceptors (Lipinski definition) is 4. The molecule has 2 aliphatic heterocycles. The molecule has 2 heterocycles. The second-order valence-corrected chi connectivity index (χ2v) is 3.12. The maximum absolute atomic E-state index is 4.33. The van der Waals surface area contributed by atoms with Crippen molar-refractivity contribution >= 4 is 17.3 Å². The predicted octanol–water partition coefficient (Wildman–Crippen LogP) is 0.793. The Bertz CT molecular complexity index is 372. The number of para-hydroxylation sites is 2. The Morgan fingerprint density at radius 3 is 3.15 bits per heavy atom. The van der Waals surface area contributed by atoms with Gasteiger partial charge in [0, 0.05) is 6.54 Å². The highest BCUT2D eigenvalue weighted by Gasteiger charge is 2.24. The molecule has 0 atom stereocenters. The third-order valence-electron chi connectivity index (χ3n) is 2.34. The largest absolute Gasteiger partial charge is 0.307 e. The lowest BCUT2D eigenvalue weighted by Crippen LogP contribution is -2.45. The zero-order valence-electron chi connectivity index (χ0n) is 7.12. The summed E-state index contributed by atoms with van der Waals surface area (Å²) in [5.41, 5.74) is 8.49. The molecule has 0 fully saturated rings. The second-order valence-electron chi connectivity index (χ2n) is 3.12. The van der Waals surface area contributed by atoms with Crippen LogP contribution in [0.3, 0.4) is 0 Å². The van der Waals surface area contributed by atoms with Gasteiger partial charge in [-0.3, -0.25) is 10.9 Å². The Labute approximate surface area is 76.2 Å². The van der Waals surface area contributed by atoms with Crippen LogP contribution >= 0.6 is 0 Å². The van der Waals surface area contributed by atoms with Crippen molar-refractivity contribution in [2.45, 2.75) is 0 Å². The molecule has 4 heteroatoms. The number of hydrogen-bond donors (Lipinski definition) is 2. The second kappa shape index (κ2) is 2.39. The fourth-order valence-corrected chi connectivity index (χ4v) is 1.73. The number of hydrazine groups is 1. The quantitative estimate of drug-likeness (QED) is 0.611. The van der Waals surface area contributed by atoms with Crippen LogP contribution < -0.4 is 15.8 Å². The van der Waals surface area contributed by atoms with Gasteiger partial charge in [-0.1, -0.05) is 12.1 Å². The van der Waals surface area contributed by atoms with Gasteiger partial charge in [0.2, 0.25) is 5.96 Å². The van der Waals surface area contributed by atoms with Gasteiger partial charge >= 0.3 is 0 Å². The van der Waals surface area contributed by atoms with Crippen LogP contribution in [0.15, 0.2) is 29.3 Å². The number of anilines is 2. The Morgan fingerprint density at radius 2 is 2.15 bits per heavy atom. The van der Waals surface area contributed by atoms with Crippen molar-refractivity contribution in [1.82, 2.24) is 5.43 Å². The summed E-state index contributed by atoms with van der Waals surface area (Å²) in [6.45, 7) is 1.85. The first-order valence-electron chi connectivity index (χ1n) is 4.38. The summed E-state index contributed by atoms with van der Waals surface area (Å²) >= 11 is 0. The number of aliphatic imine (C=N–C) groups is 1. The number of nitrogens with one attached hydrogen (secondary N) is 2. The molecule has 0 spiro atoms.